The molecule has 96 valence electrons. The molecule has 0 radical (unpaired) electrons. The van der Waals surface area contributed by atoms with Crippen molar-refractivity contribution in [2.24, 2.45) is 23.2 Å². The fraction of sp³-hybridized carbons (Fsp3) is 1.00. The minimum Gasteiger partial charge on any atom is -0.405 e. The molecule has 1 saturated heterocycles. The molecular weight excluding hydrogens is 211 g/mol. The van der Waals surface area contributed by atoms with E-state index in [9.17, 15) is 0 Å². The molecule has 3 aliphatic carbocycles. The monoisotopic (exact) mass is 236 g/mol. The van der Waals surface area contributed by atoms with Crippen LogP contribution in [-0.2, 0) is 9.31 Å². The van der Waals surface area contributed by atoms with Gasteiger partial charge in [-0.05, 0) is 49.3 Å². The lowest BCUT2D eigenvalue weighted by atomic mass is 9.43. The molecule has 2 bridgehead atoms. The van der Waals surface area contributed by atoms with Crippen molar-refractivity contribution >= 4 is 7.12 Å². The molecule has 4 atom stereocenters. The van der Waals surface area contributed by atoms with Crippen LogP contribution in [0.15, 0.2) is 0 Å². The molecule has 2 nitrogen and oxygen atoms in total. The Kier molecular flexibility index (Phi) is 2.49. The van der Waals surface area contributed by atoms with Gasteiger partial charge in [0.25, 0.3) is 0 Å². The van der Waals surface area contributed by atoms with Gasteiger partial charge in [-0.2, -0.15) is 0 Å². The summed E-state index contributed by atoms with van der Waals surface area (Å²) in [5.74, 6) is 2.19. The van der Waals surface area contributed by atoms with E-state index in [0.717, 1.165) is 12.2 Å². The third kappa shape index (κ3) is 1.54. The van der Waals surface area contributed by atoms with Crippen molar-refractivity contribution < 1.29 is 9.31 Å². The van der Waals surface area contributed by atoms with Gasteiger partial charge in [-0.25, -0.2) is 0 Å². The van der Waals surface area contributed by atoms with E-state index in [1.807, 2.05) is 0 Å². The molecule has 0 N–H and O–H groups in total. The van der Waals surface area contributed by atoms with Crippen LogP contribution in [-0.4, -0.2) is 18.8 Å². The van der Waals surface area contributed by atoms with Crippen molar-refractivity contribution in [3.8, 4) is 0 Å². The van der Waals surface area contributed by atoms with Gasteiger partial charge in [0.15, 0.2) is 0 Å². The van der Waals surface area contributed by atoms with Gasteiger partial charge >= 0.3 is 7.12 Å². The van der Waals surface area contributed by atoms with Crippen LogP contribution in [0.25, 0.3) is 0 Å². The zero-order valence-electron chi connectivity index (χ0n) is 11.8. The van der Waals surface area contributed by atoms with Gasteiger partial charge in [-0.3, -0.25) is 0 Å². The van der Waals surface area contributed by atoms with Crippen LogP contribution >= 0.6 is 0 Å². The normalized spacial score (nSPS) is 46.9. The molecule has 0 amide bonds. The predicted octanol–water partition coefficient (Wildman–Crippen LogP) is 3.37. The molecule has 3 saturated carbocycles. The highest BCUT2D eigenvalue weighted by atomic mass is 16.7. The zero-order valence-corrected chi connectivity index (χ0v) is 11.8. The van der Waals surface area contributed by atoms with Crippen molar-refractivity contribution in [3.05, 3.63) is 0 Å². The highest BCUT2D eigenvalue weighted by molar-refractivity contribution is 6.45. The number of hydrogen-bond acceptors (Lipinski definition) is 2. The molecule has 17 heavy (non-hydrogen) atoms. The third-order valence-corrected chi connectivity index (χ3v) is 5.67. The van der Waals surface area contributed by atoms with E-state index in [2.05, 4.69) is 34.6 Å². The smallest absolute Gasteiger partial charge is 0.405 e. The molecule has 1 aliphatic heterocycles. The van der Waals surface area contributed by atoms with E-state index in [1.54, 1.807) is 0 Å². The van der Waals surface area contributed by atoms with Gasteiger partial charge in [0.1, 0.15) is 0 Å². The van der Waals surface area contributed by atoms with Gasteiger partial charge in [0.2, 0.25) is 0 Å². The summed E-state index contributed by atoms with van der Waals surface area (Å²) in [6.45, 7) is 11.6. The average Bonchev–Trinajstić information content (AvgIpc) is 2.51. The average molecular weight is 236 g/mol. The minimum atomic E-state index is -0.0161. The van der Waals surface area contributed by atoms with Crippen molar-refractivity contribution in [3.63, 3.8) is 0 Å². The van der Waals surface area contributed by atoms with Crippen LogP contribution < -0.4 is 0 Å². The largest absolute Gasteiger partial charge is 0.457 e. The molecule has 0 aromatic rings. The van der Waals surface area contributed by atoms with Crippen LogP contribution in [0.4, 0.5) is 0 Å². The maximum absolute atomic E-state index is 6.33. The lowest BCUT2D eigenvalue weighted by molar-refractivity contribution is -0.199. The summed E-state index contributed by atoms with van der Waals surface area (Å²) in [7, 11) is 0.0418. The molecule has 3 heteroatoms. The highest BCUT2D eigenvalue weighted by Gasteiger charge is 2.67. The van der Waals surface area contributed by atoms with E-state index >= 15 is 0 Å². The fourth-order valence-corrected chi connectivity index (χ4v) is 4.44. The van der Waals surface area contributed by atoms with Crippen molar-refractivity contribution in [2.45, 2.75) is 65.5 Å². The van der Waals surface area contributed by atoms with Crippen LogP contribution in [0, 0.1) is 23.2 Å². The predicted molar refractivity (Wildman–Crippen MR) is 69.8 cm³/mol. The Labute approximate surface area is 106 Å². The SMILES string of the molecule is CC(C)CB1O[C@@H]2CC3CC(C3(C)C)C2(C)O1. The fourth-order valence-electron chi connectivity index (χ4n) is 4.44. The Hall–Kier alpha value is -0.0151. The van der Waals surface area contributed by atoms with Crippen LogP contribution in [0.5, 0.6) is 0 Å². The molecule has 4 rings (SSSR count). The van der Waals surface area contributed by atoms with Crippen molar-refractivity contribution in [1.82, 2.24) is 0 Å². The summed E-state index contributed by atoms with van der Waals surface area (Å²) < 4.78 is 12.5. The molecule has 3 unspecified atom stereocenters. The highest BCUT2D eigenvalue weighted by Crippen LogP contribution is 2.65. The van der Waals surface area contributed by atoms with E-state index in [1.165, 1.54) is 12.8 Å². The van der Waals surface area contributed by atoms with Crippen LogP contribution in [0.2, 0.25) is 6.32 Å². The Morgan fingerprint density at radius 3 is 2.53 bits per heavy atom. The summed E-state index contributed by atoms with van der Waals surface area (Å²) in [5.41, 5.74) is 0.444. The lowest BCUT2D eigenvalue weighted by Gasteiger charge is -2.64. The van der Waals surface area contributed by atoms with E-state index in [4.69, 9.17) is 9.31 Å². The van der Waals surface area contributed by atoms with Gasteiger partial charge < -0.3 is 9.31 Å². The second-order valence-corrected chi connectivity index (χ2v) is 7.53. The first-order valence-corrected chi connectivity index (χ1v) is 7.17. The Morgan fingerprint density at radius 2 is 1.94 bits per heavy atom. The first-order valence-electron chi connectivity index (χ1n) is 7.17. The summed E-state index contributed by atoms with van der Waals surface area (Å²) in [4.78, 5) is 0. The summed E-state index contributed by atoms with van der Waals surface area (Å²) >= 11 is 0. The van der Waals surface area contributed by atoms with E-state index in [0.29, 0.717) is 23.4 Å². The number of hydrogen-bond donors (Lipinski definition) is 0. The molecular formula is C14H25BO2. The lowest BCUT2D eigenvalue weighted by Crippen LogP contribution is -2.65. The van der Waals surface area contributed by atoms with Gasteiger partial charge in [-0.1, -0.05) is 27.7 Å². The van der Waals surface area contributed by atoms with E-state index in [-0.39, 0.29) is 12.7 Å². The van der Waals surface area contributed by atoms with Gasteiger partial charge in [0.05, 0.1) is 11.7 Å². The standard InChI is InChI=1S/C14H25BO2/c1-9(2)8-15-16-12-7-10-6-11(13(10,3)4)14(12,5)17-15/h9-12H,6-8H2,1-5H3/t10?,11?,12-,14?/m1/s1. The Balaban J connectivity index is 1.78. The molecule has 0 spiro atoms. The minimum absolute atomic E-state index is 0.0161. The Morgan fingerprint density at radius 1 is 1.24 bits per heavy atom. The Bertz CT molecular complexity index is 328. The van der Waals surface area contributed by atoms with Gasteiger partial charge in [-0.15, -0.1) is 0 Å². The maximum Gasteiger partial charge on any atom is 0.457 e. The van der Waals surface area contributed by atoms with E-state index < -0.39 is 0 Å². The molecule has 4 fully saturated rings. The first kappa shape index (κ1) is 12.0. The van der Waals surface area contributed by atoms with Crippen molar-refractivity contribution in [2.75, 3.05) is 0 Å². The first-order chi connectivity index (χ1) is 7.84. The van der Waals surface area contributed by atoms with Gasteiger partial charge in [0, 0.05) is 0 Å². The molecule has 0 aromatic carbocycles. The van der Waals surface area contributed by atoms with Crippen LogP contribution in [0.1, 0.15) is 47.5 Å². The maximum atomic E-state index is 6.33. The quantitative estimate of drug-likeness (QED) is 0.684. The molecule has 4 aliphatic rings. The summed E-state index contributed by atoms with van der Waals surface area (Å²) in [6.07, 6.45) is 3.93. The molecule has 1 heterocycles. The third-order valence-electron chi connectivity index (χ3n) is 5.67. The topological polar surface area (TPSA) is 18.5 Å². The summed E-state index contributed by atoms with van der Waals surface area (Å²) in [6, 6.07) is 0. The van der Waals surface area contributed by atoms with Crippen molar-refractivity contribution in [1.29, 1.82) is 0 Å². The number of rotatable bonds is 2. The molecule has 0 aromatic heterocycles. The second kappa shape index (κ2) is 3.51. The van der Waals surface area contributed by atoms with Crippen LogP contribution in [0.3, 0.4) is 0 Å². The zero-order chi connectivity index (χ0) is 12.4. The summed E-state index contributed by atoms with van der Waals surface area (Å²) in [5, 5.41) is 0. The second-order valence-electron chi connectivity index (χ2n) is 7.53.